The molecule has 4 N–H and O–H groups in total. The third kappa shape index (κ3) is 10.8. The van der Waals surface area contributed by atoms with Gasteiger partial charge in [-0.1, -0.05) is 20.8 Å². The largest absolute Gasteiger partial charge is 0.393 e. The van der Waals surface area contributed by atoms with E-state index in [-0.39, 0.29) is 29.6 Å². The van der Waals surface area contributed by atoms with Crippen molar-refractivity contribution in [1.29, 1.82) is 0 Å². The van der Waals surface area contributed by atoms with E-state index in [1.807, 2.05) is 20.8 Å². The molecule has 19 heavy (non-hydrogen) atoms. The van der Waals surface area contributed by atoms with E-state index in [1.165, 1.54) is 0 Å². The quantitative estimate of drug-likeness (QED) is 0.541. The predicted octanol–water partition coefficient (Wildman–Crippen LogP) is 1.49. The van der Waals surface area contributed by atoms with Gasteiger partial charge in [-0.25, -0.2) is 4.79 Å². The zero-order valence-corrected chi connectivity index (χ0v) is 12.9. The molecular weight excluding hydrogens is 244 g/mol. The van der Waals surface area contributed by atoms with Crippen molar-refractivity contribution in [2.45, 2.75) is 59.7 Å². The lowest BCUT2D eigenvalue weighted by atomic mass is 9.87. The Labute approximate surface area is 116 Å². The molecule has 5 nitrogen and oxygen atoms in total. The third-order valence-corrected chi connectivity index (χ3v) is 2.93. The normalized spacial score (nSPS) is 16.6. The summed E-state index contributed by atoms with van der Waals surface area (Å²) < 4.78 is 0. The van der Waals surface area contributed by atoms with E-state index in [1.54, 1.807) is 13.8 Å². The summed E-state index contributed by atoms with van der Waals surface area (Å²) >= 11 is 0. The summed E-state index contributed by atoms with van der Waals surface area (Å²) in [4.78, 5) is 11.6. The van der Waals surface area contributed by atoms with E-state index >= 15 is 0 Å². The summed E-state index contributed by atoms with van der Waals surface area (Å²) in [5.74, 6) is 0.247. The van der Waals surface area contributed by atoms with E-state index in [0.717, 1.165) is 0 Å². The Bertz CT molecular complexity index is 265. The topological polar surface area (TPSA) is 81.6 Å². The van der Waals surface area contributed by atoms with Gasteiger partial charge in [-0.05, 0) is 38.0 Å². The molecule has 0 aliphatic heterocycles. The van der Waals surface area contributed by atoms with E-state index in [2.05, 4.69) is 10.6 Å². The van der Waals surface area contributed by atoms with Crippen molar-refractivity contribution in [3.63, 3.8) is 0 Å². The van der Waals surface area contributed by atoms with Crippen molar-refractivity contribution < 1.29 is 15.0 Å². The number of rotatable bonds is 8. The SMILES string of the molecule is CC(O)CC(C)CNC(=O)NCC(C)(C)CC(C)O. The monoisotopic (exact) mass is 274 g/mol. The summed E-state index contributed by atoms with van der Waals surface area (Å²) in [6, 6.07) is -0.198. The maximum atomic E-state index is 11.6. The fourth-order valence-corrected chi connectivity index (χ4v) is 2.19. The minimum atomic E-state index is -0.370. The molecule has 0 saturated heterocycles. The molecule has 0 aromatic rings. The van der Waals surface area contributed by atoms with Gasteiger partial charge < -0.3 is 20.8 Å². The molecule has 0 aromatic heterocycles. The van der Waals surface area contributed by atoms with Gasteiger partial charge in [0.05, 0.1) is 12.2 Å². The Balaban J connectivity index is 3.87. The smallest absolute Gasteiger partial charge is 0.314 e. The lowest BCUT2D eigenvalue weighted by Gasteiger charge is -2.26. The van der Waals surface area contributed by atoms with Gasteiger partial charge in [-0.2, -0.15) is 0 Å². The van der Waals surface area contributed by atoms with E-state index < -0.39 is 0 Å². The lowest BCUT2D eigenvalue weighted by molar-refractivity contribution is 0.128. The first-order valence-corrected chi connectivity index (χ1v) is 7.00. The fraction of sp³-hybridized carbons (Fsp3) is 0.929. The van der Waals surface area contributed by atoms with Gasteiger partial charge in [0.1, 0.15) is 0 Å². The number of amides is 2. The van der Waals surface area contributed by atoms with Crippen LogP contribution in [-0.4, -0.2) is 41.5 Å². The van der Waals surface area contributed by atoms with Crippen LogP contribution in [0.3, 0.4) is 0 Å². The highest BCUT2D eigenvalue weighted by Crippen LogP contribution is 2.20. The highest BCUT2D eigenvalue weighted by Gasteiger charge is 2.21. The zero-order valence-electron chi connectivity index (χ0n) is 12.9. The summed E-state index contributed by atoms with van der Waals surface area (Å²) in [7, 11) is 0. The second-order valence-corrected chi connectivity index (χ2v) is 6.47. The number of aliphatic hydroxyl groups excluding tert-OH is 2. The molecule has 0 heterocycles. The molecule has 0 radical (unpaired) electrons. The molecule has 0 bridgehead atoms. The third-order valence-electron chi connectivity index (χ3n) is 2.93. The Hall–Kier alpha value is -0.810. The molecule has 0 fully saturated rings. The number of urea groups is 1. The van der Waals surface area contributed by atoms with Crippen LogP contribution in [-0.2, 0) is 0 Å². The number of nitrogens with one attached hydrogen (secondary N) is 2. The minimum absolute atomic E-state index is 0.128. The number of aliphatic hydroxyl groups is 2. The van der Waals surface area contributed by atoms with Crippen LogP contribution in [0.5, 0.6) is 0 Å². The van der Waals surface area contributed by atoms with Crippen LogP contribution in [0.15, 0.2) is 0 Å². The number of carbonyl (C=O) groups is 1. The summed E-state index contributed by atoms with van der Waals surface area (Å²) in [5, 5.41) is 24.2. The van der Waals surface area contributed by atoms with Gasteiger partial charge in [0.2, 0.25) is 0 Å². The molecule has 2 amide bonds. The molecule has 3 unspecified atom stereocenters. The highest BCUT2D eigenvalue weighted by molar-refractivity contribution is 5.73. The summed E-state index contributed by atoms with van der Waals surface area (Å²) in [5.41, 5.74) is -0.128. The maximum Gasteiger partial charge on any atom is 0.314 e. The highest BCUT2D eigenvalue weighted by atomic mass is 16.3. The molecular formula is C14H30N2O3. The van der Waals surface area contributed by atoms with Gasteiger partial charge in [0.25, 0.3) is 0 Å². The zero-order chi connectivity index (χ0) is 15.1. The fourth-order valence-electron chi connectivity index (χ4n) is 2.19. The second kappa shape index (κ2) is 8.38. The molecule has 5 heteroatoms. The average Bonchev–Trinajstić information content (AvgIpc) is 2.21. The maximum absolute atomic E-state index is 11.6. The van der Waals surface area contributed by atoms with Crippen LogP contribution < -0.4 is 10.6 Å². The lowest BCUT2D eigenvalue weighted by Crippen LogP contribution is -2.43. The average molecular weight is 274 g/mol. The molecule has 0 rings (SSSR count). The van der Waals surface area contributed by atoms with E-state index in [0.29, 0.717) is 25.9 Å². The van der Waals surface area contributed by atoms with Gasteiger partial charge in [0.15, 0.2) is 0 Å². The minimum Gasteiger partial charge on any atom is -0.393 e. The van der Waals surface area contributed by atoms with Crippen LogP contribution in [0, 0.1) is 11.3 Å². The molecule has 3 atom stereocenters. The molecule has 0 aromatic carbocycles. The van der Waals surface area contributed by atoms with Gasteiger partial charge in [0, 0.05) is 13.1 Å². The van der Waals surface area contributed by atoms with Crippen LogP contribution in [0.1, 0.15) is 47.5 Å². The molecule has 0 spiro atoms. The standard InChI is InChI=1S/C14H30N2O3/c1-10(6-11(2)17)8-15-13(19)16-9-14(4,5)7-12(3)18/h10-12,17-18H,6-9H2,1-5H3,(H2,15,16,19). The second-order valence-electron chi connectivity index (χ2n) is 6.47. The van der Waals surface area contributed by atoms with Crippen LogP contribution in [0.25, 0.3) is 0 Å². The van der Waals surface area contributed by atoms with Crippen molar-refractivity contribution in [2.75, 3.05) is 13.1 Å². The van der Waals surface area contributed by atoms with Gasteiger partial charge in [-0.3, -0.25) is 0 Å². The first kappa shape index (κ1) is 18.2. The van der Waals surface area contributed by atoms with Crippen molar-refractivity contribution >= 4 is 6.03 Å². The number of carbonyl (C=O) groups excluding carboxylic acids is 1. The van der Waals surface area contributed by atoms with E-state index in [9.17, 15) is 15.0 Å². The molecule has 0 saturated carbocycles. The molecule has 114 valence electrons. The molecule has 0 aliphatic carbocycles. The van der Waals surface area contributed by atoms with Crippen molar-refractivity contribution in [3.8, 4) is 0 Å². The number of hydrogen-bond acceptors (Lipinski definition) is 3. The summed E-state index contributed by atoms with van der Waals surface area (Å²) in [6.07, 6.45) is 0.607. The Kier molecular flexibility index (Phi) is 8.02. The Morgan fingerprint density at radius 3 is 2.16 bits per heavy atom. The van der Waals surface area contributed by atoms with Crippen LogP contribution in [0.2, 0.25) is 0 Å². The van der Waals surface area contributed by atoms with Gasteiger partial charge in [-0.15, -0.1) is 0 Å². The first-order valence-electron chi connectivity index (χ1n) is 7.00. The van der Waals surface area contributed by atoms with Crippen molar-refractivity contribution in [1.82, 2.24) is 10.6 Å². The van der Waals surface area contributed by atoms with Gasteiger partial charge >= 0.3 is 6.03 Å². The predicted molar refractivity (Wildman–Crippen MR) is 76.9 cm³/mol. The van der Waals surface area contributed by atoms with Crippen molar-refractivity contribution in [2.24, 2.45) is 11.3 Å². The Morgan fingerprint density at radius 1 is 1.11 bits per heavy atom. The van der Waals surface area contributed by atoms with E-state index in [4.69, 9.17) is 0 Å². The summed E-state index contributed by atoms with van der Waals surface area (Å²) in [6.45, 7) is 10.6. The Morgan fingerprint density at radius 2 is 1.68 bits per heavy atom. The first-order chi connectivity index (χ1) is 8.62. The van der Waals surface area contributed by atoms with Crippen molar-refractivity contribution in [3.05, 3.63) is 0 Å². The number of hydrogen-bond donors (Lipinski definition) is 4. The van der Waals surface area contributed by atoms with Crippen LogP contribution in [0.4, 0.5) is 4.79 Å². The molecule has 0 aliphatic rings. The van der Waals surface area contributed by atoms with Crippen LogP contribution >= 0.6 is 0 Å².